The topological polar surface area (TPSA) is 34.0 Å². The molecule has 0 atom stereocenters. The van der Waals surface area contributed by atoms with E-state index in [1.54, 1.807) is 0 Å². The molecule has 0 amide bonds. The van der Waals surface area contributed by atoms with E-state index < -0.39 is 110 Å². The van der Waals surface area contributed by atoms with Gasteiger partial charge < -0.3 is 12.2 Å². The Labute approximate surface area is 467 Å². The minimum Gasteiger partial charge on any atom is -0.381 e. The molecule has 0 bridgehead atoms. The van der Waals surface area contributed by atoms with Crippen molar-refractivity contribution in [2.45, 2.75) is 98.7 Å². The van der Waals surface area contributed by atoms with Gasteiger partial charge in [-0.2, -0.15) is 6.82 Å². The number of ether oxygens (including phenoxy) is 1. The van der Waals surface area contributed by atoms with Gasteiger partial charge in [-0.1, -0.05) is 128 Å². The fourth-order valence-corrected chi connectivity index (χ4v) is 10.1. The van der Waals surface area contributed by atoms with Gasteiger partial charge in [-0.3, -0.25) is 0 Å². The zero-order valence-corrected chi connectivity index (χ0v) is 48.3. The molecule has 80 heavy (non-hydrogen) atoms. The number of hydrogen-bond acceptors (Lipinski definition) is 3. The van der Waals surface area contributed by atoms with E-state index >= 15 is 0 Å². The van der Waals surface area contributed by atoms with Crippen molar-refractivity contribution in [3.8, 4) is 0 Å². The van der Waals surface area contributed by atoms with Gasteiger partial charge in [0.2, 0.25) is 0 Å². The van der Waals surface area contributed by atoms with Gasteiger partial charge in [-0.15, -0.1) is 16.4 Å². The molecule has 0 radical (unpaired) electrons. The van der Waals surface area contributed by atoms with Crippen LogP contribution in [0.3, 0.4) is 0 Å². The minimum atomic E-state index is -5.41. The summed E-state index contributed by atoms with van der Waals surface area (Å²) in [5, 5.41) is 2.49. The largest absolute Gasteiger partial charge is 2.00 e. The molecule has 1 heterocycles. The number of para-hydroxylation sites is 2. The van der Waals surface area contributed by atoms with Crippen LogP contribution in [-0.4, -0.2) is 30.8 Å². The predicted molar refractivity (Wildman–Crippen MR) is 281 cm³/mol. The zero-order valence-electron chi connectivity index (χ0n) is 45.3. The molecule has 20 heteroatoms. The van der Waals surface area contributed by atoms with Crippen molar-refractivity contribution in [1.82, 2.24) is 0 Å². The first-order chi connectivity index (χ1) is 36.7. The van der Waals surface area contributed by atoms with Gasteiger partial charge in [0.1, 0.15) is 41.0 Å². The average Bonchev–Trinajstić information content (AvgIpc) is 4.21. The number of nitrogens with zero attached hydrogens (tertiary/aromatic N) is 2. The summed E-state index contributed by atoms with van der Waals surface area (Å²) in [6.45, 7) is 19.9. The molecular weight excluding hydrogens is 1130 g/mol. The Hall–Kier alpha value is -6.26. The second-order valence-electron chi connectivity index (χ2n) is 20.4. The van der Waals surface area contributed by atoms with Gasteiger partial charge >= 0.3 is 19.5 Å². The van der Waals surface area contributed by atoms with E-state index in [0.717, 1.165) is 36.0 Å². The van der Waals surface area contributed by atoms with E-state index in [0.29, 0.717) is 23.7 Å². The summed E-state index contributed by atoms with van der Waals surface area (Å²) in [6, 6.07) is 26.5. The maximum Gasteiger partial charge on any atom is 2.00 e. The third kappa shape index (κ3) is 11.5. The Morgan fingerprint density at radius 2 is 0.613 bits per heavy atom. The fourth-order valence-electron chi connectivity index (χ4n) is 10.1. The van der Waals surface area contributed by atoms with Gasteiger partial charge in [0.25, 0.3) is 0 Å². The summed E-state index contributed by atoms with van der Waals surface area (Å²) in [5.41, 5.74) is 3.80. The van der Waals surface area contributed by atoms with Crippen LogP contribution in [0.1, 0.15) is 125 Å². The first-order valence-corrected chi connectivity index (χ1v) is 25.0. The summed E-state index contributed by atoms with van der Waals surface area (Å²) in [4.78, 5) is 11.1. The fraction of sp³-hybridized carbons (Fsp3) is 0.283. The second kappa shape index (κ2) is 25.7. The summed E-state index contributed by atoms with van der Waals surface area (Å²) in [5.74, 6) is -43.6. The third-order valence-electron chi connectivity index (χ3n) is 14.1. The van der Waals surface area contributed by atoms with Gasteiger partial charge in [-0.05, 0) is 64.2 Å². The van der Waals surface area contributed by atoms with Crippen molar-refractivity contribution >= 4 is 56.1 Å². The molecule has 7 aromatic carbocycles. The van der Waals surface area contributed by atoms with Crippen LogP contribution in [0.25, 0.3) is 10.8 Å². The van der Waals surface area contributed by atoms with Crippen LogP contribution in [0.4, 0.5) is 77.2 Å². The number of benzene rings is 7. The molecule has 0 spiro atoms. The van der Waals surface area contributed by atoms with Crippen molar-refractivity contribution in [2.75, 3.05) is 13.2 Å². The van der Waals surface area contributed by atoms with Crippen molar-refractivity contribution in [2.24, 2.45) is 9.98 Å². The van der Waals surface area contributed by atoms with Crippen LogP contribution in [0, 0.1) is 94.7 Å². The maximum atomic E-state index is 14.6. The smallest absolute Gasteiger partial charge is 0.381 e. The van der Waals surface area contributed by atoms with Crippen LogP contribution < -0.4 is 16.4 Å². The van der Waals surface area contributed by atoms with Gasteiger partial charge in [-0.25, -0.2) is 75.8 Å². The first kappa shape index (κ1) is 64.6. The number of aliphatic imine (C=N–C) groups is 2. The third-order valence-corrected chi connectivity index (χ3v) is 14.1. The summed E-state index contributed by atoms with van der Waals surface area (Å²) in [7, 11) is 0. The maximum absolute atomic E-state index is 14.6. The predicted octanol–water partition coefficient (Wildman–Crippen LogP) is 16.7. The minimum absolute atomic E-state index is 0. The Morgan fingerprint density at radius 1 is 0.375 bits per heavy atom. The summed E-state index contributed by atoms with van der Waals surface area (Å²) >= 11 is 0. The normalized spacial score (nSPS) is 14.1. The Balaban J connectivity index is 0.000000264. The zero-order chi connectivity index (χ0) is 57.6. The Morgan fingerprint density at radius 3 is 0.838 bits per heavy atom. The molecule has 0 aromatic heterocycles. The van der Waals surface area contributed by atoms with Gasteiger partial charge in [0.15, 0.2) is 52.4 Å². The van der Waals surface area contributed by atoms with E-state index in [2.05, 4.69) is 128 Å². The van der Waals surface area contributed by atoms with E-state index in [1.165, 1.54) is 57.0 Å². The van der Waals surface area contributed by atoms with Crippen LogP contribution in [0.2, 0.25) is 6.82 Å². The molecule has 3 nitrogen and oxygen atoms in total. The number of rotatable bonds is 9. The molecule has 0 N–H and O–H groups in total. The second-order valence-corrected chi connectivity index (χ2v) is 20.4. The average molecular weight is 1180 g/mol. The van der Waals surface area contributed by atoms with E-state index in [9.17, 15) is 65.9 Å². The summed E-state index contributed by atoms with van der Waals surface area (Å²) < 4.78 is 217. The summed E-state index contributed by atoms with van der Waals surface area (Å²) in [6.07, 6.45) is -2.86. The molecular formula is C60H54BF15N2OZn. The van der Waals surface area contributed by atoms with Crippen LogP contribution >= 0.6 is 0 Å². The van der Waals surface area contributed by atoms with E-state index in [1.807, 2.05) is 0 Å². The standard InChI is InChI=1S/C36H40N2.C19H3BF15.C4H8O.CH3.Zn/c1-21(2)26-15-11-16-27(22(3)4)33(26)37-35-30-19-9-13-25-14-10-20-31(32(25)30)36(35)38-34-28(23(5)6)17-12-18-29(34)24(7)8;1-20(2-5(21)11(27)17(33)12(28)6(2)22,3-7(23)13(29)18(34)14(30)8(3)24)4-9(25)15(31)19(35)16(32)10(4)26;1-2-4-5-3-1;;/h9-24H,1-8H3;1H3;1-4H2;1H3;/q;-1;;-1;+2. The van der Waals surface area contributed by atoms with Crippen LogP contribution in [0.5, 0.6) is 0 Å². The molecule has 1 aliphatic carbocycles. The first-order valence-electron chi connectivity index (χ1n) is 25.0. The molecule has 2 aliphatic rings. The van der Waals surface area contributed by atoms with Crippen molar-refractivity contribution in [1.29, 1.82) is 0 Å². The quantitative estimate of drug-likeness (QED) is 0.0466. The Bertz CT molecular complexity index is 3130. The Kier molecular flexibility index (Phi) is 20.7. The molecule has 7 aromatic rings. The molecule has 0 unspecified atom stereocenters. The monoisotopic (exact) mass is 1180 g/mol. The SMILES string of the molecule is C1CCOC1.CC(C)c1cccc(C(C)C)c1N=C1C(=Nc2c(C(C)C)cccc2C(C)C)c2cccc3cccc1c23.C[B-](c1c(F)c(F)c(F)c(F)c1F)(c1c(F)c(F)c(F)c(F)c1F)c1c(F)c(F)c(F)c(F)c1F.[CH3-].[Zn+2]. The molecule has 0 saturated carbocycles. The van der Waals surface area contributed by atoms with Gasteiger partial charge in [0.05, 0.1) is 22.8 Å². The number of halogens is 15. The van der Waals surface area contributed by atoms with Crippen molar-refractivity contribution in [3.63, 3.8) is 0 Å². The van der Waals surface area contributed by atoms with E-state index in [-0.39, 0.29) is 33.7 Å². The van der Waals surface area contributed by atoms with E-state index in [4.69, 9.17) is 14.7 Å². The van der Waals surface area contributed by atoms with Crippen molar-refractivity contribution < 1.29 is 90.1 Å². The van der Waals surface area contributed by atoms with Crippen LogP contribution in [-0.2, 0) is 24.2 Å². The molecule has 420 valence electrons. The molecule has 1 saturated heterocycles. The van der Waals surface area contributed by atoms with Crippen LogP contribution in [0.15, 0.2) is 82.8 Å². The number of hydrogen-bond donors (Lipinski definition) is 0. The molecule has 9 rings (SSSR count). The van der Waals surface area contributed by atoms with Gasteiger partial charge in [0, 0.05) is 29.7 Å². The molecule has 1 aliphatic heterocycles. The molecule has 1 fully saturated rings. The van der Waals surface area contributed by atoms with Crippen molar-refractivity contribution in [3.05, 3.63) is 201 Å².